The number of hydrogen-bond acceptors (Lipinski definition) is 2. The Morgan fingerprint density at radius 2 is 2.11 bits per heavy atom. The van der Waals surface area contributed by atoms with Gasteiger partial charge in [0.05, 0.1) is 0 Å². The molecule has 2 N–H and O–H groups in total. The molecule has 4 heteroatoms. The summed E-state index contributed by atoms with van der Waals surface area (Å²) in [5, 5.41) is 0. The zero-order valence-electron chi connectivity index (χ0n) is 10.4. The number of rotatable bonds is 2. The molecule has 0 saturated carbocycles. The minimum atomic E-state index is -0.275. The molecule has 1 saturated heterocycles. The van der Waals surface area contributed by atoms with E-state index in [1.54, 1.807) is 23.1 Å². The highest BCUT2D eigenvalue weighted by atomic mass is 19.1. The molecule has 1 aromatic carbocycles. The number of carbonyl (C=O) groups excluding carboxylic acids is 1. The van der Waals surface area contributed by atoms with Crippen LogP contribution >= 0.6 is 0 Å². The van der Waals surface area contributed by atoms with E-state index < -0.39 is 0 Å². The second-order valence-corrected chi connectivity index (χ2v) is 4.67. The van der Waals surface area contributed by atoms with Crippen LogP contribution in [0.5, 0.6) is 0 Å². The summed E-state index contributed by atoms with van der Waals surface area (Å²) in [5.74, 6) is -0.298. The molecular formula is C14H17FN2O. The minimum Gasteiger partial charge on any atom is -0.338 e. The lowest BCUT2D eigenvalue weighted by Gasteiger charge is -2.13. The summed E-state index contributed by atoms with van der Waals surface area (Å²) in [5.41, 5.74) is 7.45. The van der Waals surface area contributed by atoms with E-state index in [9.17, 15) is 9.18 Å². The zero-order chi connectivity index (χ0) is 13.1. The van der Waals surface area contributed by atoms with Crippen molar-refractivity contribution in [3.8, 4) is 0 Å². The van der Waals surface area contributed by atoms with Crippen LogP contribution in [0.4, 0.5) is 4.39 Å². The predicted octanol–water partition coefficient (Wildman–Crippen LogP) is 1.79. The van der Waals surface area contributed by atoms with Gasteiger partial charge in [-0.25, -0.2) is 4.39 Å². The van der Waals surface area contributed by atoms with Crippen LogP contribution in [0, 0.1) is 5.82 Å². The lowest BCUT2D eigenvalue weighted by Crippen LogP contribution is -2.30. The average Bonchev–Trinajstić information content (AvgIpc) is 2.76. The van der Waals surface area contributed by atoms with Crippen molar-refractivity contribution in [1.82, 2.24) is 4.90 Å². The first kappa shape index (κ1) is 12.8. The van der Waals surface area contributed by atoms with E-state index in [0.29, 0.717) is 13.1 Å². The SMILES string of the molecule is C/C(=C/C(=O)N1CC[C@@H](N)C1)c1ccc(F)cc1. The van der Waals surface area contributed by atoms with E-state index in [1.165, 1.54) is 12.1 Å². The molecule has 18 heavy (non-hydrogen) atoms. The molecule has 1 fully saturated rings. The maximum atomic E-state index is 12.8. The Balaban J connectivity index is 2.08. The molecule has 2 rings (SSSR count). The van der Waals surface area contributed by atoms with Crippen LogP contribution in [0.1, 0.15) is 18.9 Å². The first-order valence-corrected chi connectivity index (χ1v) is 6.05. The van der Waals surface area contributed by atoms with Crippen LogP contribution in [-0.4, -0.2) is 29.9 Å². The van der Waals surface area contributed by atoms with Crippen LogP contribution in [-0.2, 0) is 4.79 Å². The van der Waals surface area contributed by atoms with Gasteiger partial charge in [0.25, 0.3) is 0 Å². The number of allylic oxidation sites excluding steroid dienone is 1. The number of hydrogen-bond donors (Lipinski definition) is 1. The molecule has 0 bridgehead atoms. The van der Waals surface area contributed by atoms with E-state index in [2.05, 4.69) is 0 Å². The standard InChI is InChI=1S/C14H17FN2O/c1-10(11-2-4-12(15)5-3-11)8-14(18)17-7-6-13(16)9-17/h2-5,8,13H,6-7,9,16H2,1H3/b10-8-/t13-/m1/s1. The summed E-state index contributed by atoms with van der Waals surface area (Å²) in [4.78, 5) is 13.7. The van der Waals surface area contributed by atoms with Gasteiger partial charge >= 0.3 is 0 Å². The second-order valence-electron chi connectivity index (χ2n) is 4.67. The Morgan fingerprint density at radius 3 is 2.67 bits per heavy atom. The van der Waals surface area contributed by atoms with Crippen molar-refractivity contribution in [3.63, 3.8) is 0 Å². The maximum Gasteiger partial charge on any atom is 0.246 e. The molecule has 0 spiro atoms. The van der Waals surface area contributed by atoms with Gasteiger partial charge in [0.2, 0.25) is 5.91 Å². The van der Waals surface area contributed by atoms with Crippen molar-refractivity contribution < 1.29 is 9.18 Å². The molecule has 96 valence electrons. The van der Waals surface area contributed by atoms with E-state index in [0.717, 1.165) is 17.6 Å². The minimum absolute atomic E-state index is 0.0234. The van der Waals surface area contributed by atoms with E-state index in [4.69, 9.17) is 5.73 Å². The van der Waals surface area contributed by atoms with Gasteiger partial charge in [0, 0.05) is 25.2 Å². The van der Waals surface area contributed by atoms with Crippen LogP contribution in [0.25, 0.3) is 5.57 Å². The van der Waals surface area contributed by atoms with Crippen molar-refractivity contribution in [2.75, 3.05) is 13.1 Å². The third-order valence-electron chi connectivity index (χ3n) is 3.18. The number of amides is 1. The molecule has 1 atom stereocenters. The molecule has 1 aliphatic heterocycles. The highest BCUT2D eigenvalue weighted by Gasteiger charge is 2.22. The summed E-state index contributed by atoms with van der Waals surface area (Å²) < 4.78 is 12.8. The lowest BCUT2D eigenvalue weighted by atomic mass is 10.1. The maximum absolute atomic E-state index is 12.8. The monoisotopic (exact) mass is 248 g/mol. The van der Waals surface area contributed by atoms with Crippen LogP contribution in [0.15, 0.2) is 30.3 Å². The molecular weight excluding hydrogens is 231 g/mol. The normalized spacial score (nSPS) is 20.3. The zero-order valence-corrected chi connectivity index (χ0v) is 10.4. The quantitative estimate of drug-likeness (QED) is 0.811. The van der Waals surface area contributed by atoms with Gasteiger partial charge in [0.1, 0.15) is 5.82 Å². The van der Waals surface area contributed by atoms with Crippen molar-refractivity contribution in [3.05, 3.63) is 41.7 Å². The van der Waals surface area contributed by atoms with Gasteiger partial charge < -0.3 is 10.6 Å². The van der Waals surface area contributed by atoms with E-state index >= 15 is 0 Å². The largest absolute Gasteiger partial charge is 0.338 e. The molecule has 0 aromatic heterocycles. The molecule has 1 heterocycles. The Labute approximate surface area is 106 Å². The summed E-state index contributed by atoms with van der Waals surface area (Å²) >= 11 is 0. The second kappa shape index (κ2) is 5.31. The molecule has 1 aliphatic rings. The molecule has 1 aromatic rings. The smallest absolute Gasteiger partial charge is 0.246 e. The van der Waals surface area contributed by atoms with Crippen LogP contribution in [0.2, 0.25) is 0 Å². The van der Waals surface area contributed by atoms with E-state index in [1.807, 2.05) is 6.92 Å². The fourth-order valence-corrected chi connectivity index (χ4v) is 2.06. The molecule has 1 amide bonds. The Kier molecular flexibility index (Phi) is 3.77. The third kappa shape index (κ3) is 2.96. The summed E-state index contributed by atoms with van der Waals surface area (Å²) in [6.07, 6.45) is 2.44. The van der Waals surface area contributed by atoms with Crippen molar-refractivity contribution in [1.29, 1.82) is 0 Å². The van der Waals surface area contributed by atoms with Crippen molar-refractivity contribution in [2.45, 2.75) is 19.4 Å². The number of halogens is 1. The van der Waals surface area contributed by atoms with Gasteiger partial charge in [-0.1, -0.05) is 12.1 Å². The van der Waals surface area contributed by atoms with Crippen LogP contribution < -0.4 is 5.73 Å². The fourth-order valence-electron chi connectivity index (χ4n) is 2.06. The predicted molar refractivity (Wildman–Crippen MR) is 69.2 cm³/mol. The molecule has 0 unspecified atom stereocenters. The van der Waals surface area contributed by atoms with Gasteiger partial charge in [-0.2, -0.15) is 0 Å². The van der Waals surface area contributed by atoms with Crippen LogP contribution in [0.3, 0.4) is 0 Å². The van der Waals surface area contributed by atoms with Gasteiger partial charge in [-0.05, 0) is 36.6 Å². The molecule has 0 aliphatic carbocycles. The number of benzene rings is 1. The summed E-state index contributed by atoms with van der Waals surface area (Å²) in [6, 6.07) is 6.22. The first-order valence-electron chi connectivity index (χ1n) is 6.05. The van der Waals surface area contributed by atoms with Crippen molar-refractivity contribution >= 4 is 11.5 Å². The third-order valence-corrected chi connectivity index (χ3v) is 3.18. The van der Waals surface area contributed by atoms with Gasteiger partial charge in [-0.3, -0.25) is 4.79 Å². The number of nitrogens with zero attached hydrogens (tertiary/aromatic N) is 1. The van der Waals surface area contributed by atoms with Gasteiger partial charge in [0.15, 0.2) is 0 Å². The number of nitrogens with two attached hydrogens (primary N) is 1. The molecule has 0 radical (unpaired) electrons. The number of carbonyl (C=O) groups is 1. The Hall–Kier alpha value is -1.68. The Bertz CT molecular complexity index is 467. The fraction of sp³-hybridized carbons (Fsp3) is 0.357. The highest BCUT2D eigenvalue weighted by Crippen LogP contribution is 2.16. The molecule has 3 nitrogen and oxygen atoms in total. The summed E-state index contributed by atoms with van der Waals surface area (Å²) in [7, 11) is 0. The topological polar surface area (TPSA) is 46.3 Å². The Morgan fingerprint density at radius 1 is 1.44 bits per heavy atom. The average molecular weight is 248 g/mol. The van der Waals surface area contributed by atoms with Gasteiger partial charge in [-0.15, -0.1) is 0 Å². The van der Waals surface area contributed by atoms with E-state index in [-0.39, 0.29) is 17.8 Å². The highest BCUT2D eigenvalue weighted by molar-refractivity contribution is 5.95. The first-order chi connectivity index (χ1) is 8.56. The lowest BCUT2D eigenvalue weighted by molar-refractivity contribution is -0.125. The number of likely N-dealkylation sites (tertiary alicyclic amines) is 1. The summed E-state index contributed by atoms with van der Waals surface area (Å²) in [6.45, 7) is 3.18. The van der Waals surface area contributed by atoms with Crippen molar-refractivity contribution in [2.24, 2.45) is 5.73 Å².